The standard InChI is InChI=1S/C9H16N2O3/c1-10(8(12)9(13)14)6-7-11-4-2-3-5-11/h2-7H2,1H3,(H,13,14). The summed E-state index contributed by atoms with van der Waals surface area (Å²) in [6.07, 6.45) is 2.41. The Labute approximate surface area is 83.3 Å². The van der Waals surface area contributed by atoms with E-state index in [0.29, 0.717) is 6.54 Å². The van der Waals surface area contributed by atoms with E-state index < -0.39 is 11.9 Å². The minimum Gasteiger partial charge on any atom is -0.474 e. The molecule has 0 saturated carbocycles. The molecular weight excluding hydrogens is 184 g/mol. The first kappa shape index (κ1) is 11.0. The highest BCUT2D eigenvalue weighted by Crippen LogP contribution is 2.06. The predicted molar refractivity (Wildman–Crippen MR) is 50.9 cm³/mol. The highest BCUT2D eigenvalue weighted by atomic mass is 16.4. The number of likely N-dealkylation sites (N-methyl/N-ethyl adjacent to an activating group) is 1. The molecule has 0 aromatic carbocycles. The number of carboxylic acids is 1. The first-order valence-corrected chi connectivity index (χ1v) is 4.82. The van der Waals surface area contributed by atoms with Crippen LogP contribution in [-0.2, 0) is 9.59 Å². The molecule has 5 nitrogen and oxygen atoms in total. The lowest BCUT2D eigenvalue weighted by Crippen LogP contribution is -2.38. The second kappa shape index (κ2) is 4.95. The highest BCUT2D eigenvalue weighted by Gasteiger charge is 2.18. The topological polar surface area (TPSA) is 60.9 Å². The minimum absolute atomic E-state index is 0.491. The van der Waals surface area contributed by atoms with Crippen LogP contribution in [0.4, 0.5) is 0 Å². The SMILES string of the molecule is CN(CCN1CCCC1)C(=O)C(=O)O. The Hall–Kier alpha value is -1.10. The third kappa shape index (κ3) is 2.99. The van der Waals surface area contributed by atoms with Crippen LogP contribution in [-0.4, -0.2) is 60.0 Å². The number of carbonyl (C=O) groups is 2. The van der Waals surface area contributed by atoms with Crippen molar-refractivity contribution in [1.82, 2.24) is 9.80 Å². The van der Waals surface area contributed by atoms with Crippen molar-refractivity contribution < 1.29 is 14.7 Å². The summed E-state index contributed by atoms with van der Waals surface area (Å²) in [6, 6.07) is 0. The Morgan fingerprint density at radius 1 is 1.36 bits per heavy atom. The van der Waals surface area contributed by atoms with E-state index >= 15 is 0 Å². The summed E-state index contributed by atoms with van der Waals surface area (Å²) in [7, 11) is 1.52. The number of hydrogen-bond acceptors (Lipinski definition) is 3. The molecule has 1 saturated heterocycles. The van der Waals surface area contributed by atoms with Gasteiger partial charge >= 0.3 is 11.9 Å². The summed E-state index contributed by atoms with van der Waals surface area (Å²) in [5.41, 5.74) is 0. The van der Waals surface area contributed by atoms with Crippen molar-refractivity contribution in [1.29, 1.82) is 0 Å². The van der Waals surface area contributed by atoms with Crippen LogP contribution in [0.25, 0.3) is 0 Å². The van der Waals surface area contributed by atoms with Crippen molar-refractivity contribution in [3.05, 3.63) is 0 Å². The number of likely N-dealkylation sites (tertiary alicyclic amines) is 1. The van der Waals surface area contributed by atoms with Crippen LogP contribution >= 0.6 is 0 Å². The molecule has 0 unspecified atom stereocenters. The van der Waals surface area contributed by atoms with Gasteiger partial charge in [0.05, 0.1) is 0 Å². The van der Waals surface area contributed by atoms with Gasteiger partial charge in [0.1, 0.15) is 0 Å². The second-order valence-corrected chi connectivity index (χ2v) is 3.58. The zero-order chi connectivity index (χ0) is 10.6. The Balaban J connectivity index is 2.23. The van der Waals surface area contributed by atoms with Gasteiger partial charge in [0.2, 0.25) is 0 Å². The van der Waals surface area contributed by atoms with Crippen LogP contribution in [0.5, 0.6) is 0 Å². The van der Waals surface area contributed by atoms with E-state index in [-0.39, 0.29) is 0 Å². The molecule has 80 valence electrons. The fraction of sp³-hybridized carbons (Fsp3) is 0.778. The maximum Gasteiger partial charge on any atom is 0.394 e. The van der Waals surface area contributed by atoms with E-state index in [2.05, 4.69) is 4.90 Å². The molecule has 0 aromatic heterocycles. The number of carbonyl (C=O) groups excluding carboxylic acids is 1. The summed E-state index contributed by atoms with van der Waals surface area (Å²) in [5, 5.41) is 8.44. The summed E-state index contributed by atoms with van der Waals surface area (Å²) in [6.45, 7) is 3.39. The van der Waals surface area contributed by atoms with E-state index in [1.165, 1.54) is 24.8 Å². The van der Waals surface area contributed by atoms with Gasteiger partial charge in [0, 0.05) is 20.1 Å². The third-order valence-corrected chi connectivity index (χ3v) is 2.48. The van der Waals surface area contributed by atoms with E-state index in [1.807, 2.05) is 0 Å². The third-order valence-electron chi connectivity index (χ3n) is 2.48. The molecule has 1 amide bonds. The fourth-order valence-corrected chi connectivity index (χ4v) is 1.56. The van der Waals surface area contributed by atoms with Crippen LogP contribution in [0, 0.1) is 0 Å². The fourth-order valence-electron chi connectivity index (χ4n) is 1.56. The van der Waals surface area contributed by atoms with E-state index in [4.69, 9.17) is 5.11 Å². The van der Waals surface area contributed by atoms with Crippen molar-refractivity contribution in [2.45, 2.75) is 12.8 Å². The lowest BCUT2D eigenvalue weighted by Gasteiger charge is -2.19. The number of aliphatic carboxylic acids is 1. The first-order chi connectivity index (χ1) is 6.61. The molecule has 1 aliphatic rings. The molecule has 0 spiro atoms. The largest absolute Gasteiger partial charge is 0.474 e. The molecule has 0 bridgehead atoms. The average molecular weight is 200 g/mol. The van der Waals surface area contributed by atoms with Crippen molar-refractivity contribution >= 4 is 11.9 Å². The average Bonchev–Trinajstić information content (AvgIpc) is 2.65. The van der Waals surface area contributed by atoms with Gasteiger partial charge in [-0.25, -0.2) is 4.79 Å². The molecule has 1 N–H and O–H groups in total. The zero-order valence-corrected chi connectivity index (χ0v) is 8.40. The normalized spacial score (nSPS) is 16.9. The minimum atomic E-state index is -1.38. The Kier molecular flexibility index (Phi) is 3.88. The number of amides is 1. The number of hydrogen-bond donors (Lipinski definition) is 1. The molecular formula is C9H16N2O3. The van der Waals surface area contributed by atoms with Crippen LogP contribution in [0.3, 0.4) is 0 Å². The molecule has 1 heterocycles. The summed E-state index contributed by atoms with van der Waals surface area (Å²) in [5.74, 6) is -2.21. The lowest BCUT2D eigenvalue weighted by molar-refractivity contribution is -0.155. The molecule has 1 fully saturated rings. The van der Waals surface area contributed by atoms with E-state index in [0.717, 1.165) is 19.6 Å². The Bertz CT molecular complexity index is 224. The van der Waals surface area contributed by atoms with Gasteiger partial charge in [-0.15, -0.1) is 0 Å². The number of rotatable bonds is 3. The summed E-state index contributed by atoms with van der Waals surface area (Å²) in [4.78, 5) is 24.8. The van der Waals surface area contributed by atoms with Gasteiger partial charge in [-0.1, -0.05) is 0 Å². The van der Waals surface area contributed by atoms with Gasteiger partial charge in [0.25, 0.3) is 0 Å². The quantitative estimate of drug-likeness (QED) is 0.631. The maximum absolute atomic E-state index is 11.0. The zero-order valence-electron chi connectivity index (χ0n) is 8.40. The predicted octanol–water partition coefficient (Wildman–Crippen LogP) is -0.375. The monoisotopic (exact) mass is 200 g/mol. The van der Waals surface area contributed by atoms with Gasteiger partial charge in [-0.05, 0) is 25.9 Å². The van der Waals surface area contributed by atoms with Gasteiger partial charge in [-0.2, -0.15) is 0 Å². The van der Waals surface area contributed by atoms with Crippen molar-refractivity contribution in [2.24, 2.45) is 0 Å². The second-order valence-electron chi connectivity index (χ2n) is 3.58. The Morgan fingerprint density at radius 2 is 1.93 bits per heavy atom. The highest BCUT2D eigenvalue weighted by molar-refractivity contribution is 6.31. The smallest absolute Gasteiger partial charge is 0.394 e. The molecule has 0 aromatic rings. The molecule has 0 atom stereocenters. The molecule has 1 aliphatic heterocycles. The van der Waals surface area contributed by atoms with Crippen LogP contribution < -0.4 is 0 Å². The van der Waals surface area contributed by atoms with Crippen molar-refractivity contribution in [3.63, 3.8) is 0 Å². The van der Waals surface area contributed by atoms with Gasteiger partial charge in [-0.3, -0.25) is 4.79 Å². The van der Waals surface area contributed by atoms with Crippen LogP contribution in [0.15, 0.2) is 0 Å². The summed E-state index contributed by atoms with van der Waals surface area (Å²) < 4.78 is 0. The molecule has 0 aliphatic carbocycles. The van der Waals surface area contributed by atoms with E-state index in [9.17, 15) is 9.59 Å². The number of carboxylic acid groups (broad SMARTS) is 1. The molecule has 14 heavy (non-hydrogen) atoms. The van der Waals surface area contributed by atoms with E-state index in [1.54, 1.807) is 0 Å². The van der Waals surface area contributed by atoms with Crippen LogP contribution in [0.2, 0.25) is 0 Å². The molecule has 5 heteroatoms. The molecule has 0 radical (unpaired) electrons. The number of nitrogens with zero attached hydrogens (tertiary/aromatic N) is 2. The van der Waals surface area contributed by atoms with Crippen molar-refractivity contribution in [2.75, 3.05) is 33.2 Å². The summed E-state index contributed by atoms with van der Waals surface area (Å²) >= 11 is 0. The van der Waals surface area contributed by atoms with Crippen LogP contribution in [0.1, 0.15) is 12.8 Å². The Morgan fingerprint density at radius 3 is 2.43 bits per heavy atom. The maximum atomic E-state index is 11.0. The molecule has 1 rings (SSSR count). The van der Waals surface area contributed by atoms with Gasteiger partial charge < -0.3 is 14.9 Å². The first-order valence-electron chi connectivity index (χ1n) is 4.82. The van der Waals surface area contributed by atoms with Gasteiger partial charge in [0.15, 0.2) is 0 Å². The lowest BCUT2D eigenvalue weighted by atomic mass is 10.4. The van der Waals surface area contributed by atoms with Crippen molar-refractivity contribution in [3.8, 4) is 0 Å².